The van der Waals surface area contributed by atoms with Gasteiger partial charge in [0.05, 0.1) is 18.6 Å². The van der Waals surface area contributed by atoms with Gasteiger partial charge >= 0.3 is 0 Å². The number of nitrogens with one attached hydrogen (secondary N) is 2. The van der Waals surface area contributed by atoms with Crippen LogP contribution in [-0.2, 0) is 4.79 Å². The number of amides is 1. The van der Waals surface area contributed by atoms with E-state index < -0.39 is 0 Å². The molecule has 1 fully saturated rings. The molecular weight excluding hydrogens is 300 g/mol. The number of hydrogen-bond acceptors (Lipinski definition) is 3. The van der Waals surface area contributed by atoms with Crippen molar-refractivity contribution in [2.45, 2.75) is 44.8 Å². The summed E-state index contributed by atoms with van der Waals surface area (Å²) in [6.07, 6.45) is 6.11. The summed E-state index contributed by atoms with van der Waals surface area (Å²) in [5.41, 5.74) is 1.20. The van der Waals surface area contributed by atoms with Gasteiger partial charge in [0.1, 0.15) is 0 Å². The van der Waals surface area contributed by atoms with Crippen LogP contribution in [0.1, 0.15) is 44.3 Å². The van der Waals surface area contributed by atoms with Crippen LogP contribution in [0, 0.1) is 5.92 Å². The fourth-order valence-corrected chi connectivity index (χ4v) is 2.96. The first-order valence-electron chi connectivity index (χ1n) is 8.72. The molecular formula is C19H26N4O. The summed E-state index contributed by atoms with van der Waals surface area (Å²) in [6, 6.07) is 12.7. The topological polar surface area (TPSA) is 59.0 Å². The Morgan fingerprint density at radius 2 is 2.00 bits per heavy atom. The minimum absolute atomic E-state index is 0.0512. The molecule has 128 valence electrons. The van der Waals surface area contributed by atoms with Gasteiger partial charge in [-0.15, -0.1) is 0 Å². The summed E-state index contributed by atoms with van der Waals surface area (Å²) >= 11 is 0. The van der Waals surface area contributed by atoms with Crippen molar-refractivity contribution in [2.75, 3.05) is 6.54 Å². The zero-order chi connectivity index (χ0) is 16.9. The molecule has 3 atom stereocenters. The molecule has 0 aliphatic heterocycles. The summed E-state index contributed by atoms with van der Waals surface area (Å²) in [5, 5.41) is 10.8. The number of rotatable bonds is 8. The summed E-state index contributed by atoms with van der Waals surface area (Å²) in [4.78, 5) is 12.4. The molecule has 2 aromatic rings. The Morgan fingerprint density at radius 3 is 2.62 bits per heavy atom. The highest BCUT2D eigenvalue weighted by atomic mass is 16.2. The van der Waals surface area contributed by atoms with Gasteiger partial charge in [0.2, 0.25) is 5.91 Å². The molecule has 5 heteroatoms. The molecule has 1 aromatic heterocycles. The molecule has 0 saturated heterocycles. The van der Waals surface area contributed by atoms with Gasteiger partial charge in [-0.25, -0.2) is 0 Å². The van der Waals surface area contributed by atoms with Crippen molar-refractivity contribution in [3.63, 3.8) is 0 Å². The first-order valence-corrected chi connectivity index (χ1v) is 8.72. The smallest absolute Gasteiger partial charge is 0.234 e. The van der Waals surface area contributed by atoms with Crippen LogP contribution < -0.4 is 10.6 Å². The van der Waals surface area contributed by atoms with Gasteiger partial charge in [-0.3, -0.25) is 9.48 Å². The van der Waals surface area contributed by atoms with Gasteiger partial charge in [-0.1, -0.05) is 30.3 Å². The first kappa shape index (κ1) is 16.7. The maximum Gasteiger partial charge on any atom is 0.234 e. The lowest BCUT2D eigenvalue weighted by Crippen LogP contribution is -2.42. The van der Waals surface area contributed by atoms with E-state index in [1.54, 1.807) is 6.20 Å². The lowest BCUT2D eigenvalue weighted by atomic mass is 10.0. The fraction of sp³-hybridized carbons (Fsp3) is 0.474. The zero-order valence-electron chi connectivity index (χ0n) is 14.4. The highest BCUT2D eigenvalue weighted by Gasteiger charge is 2.33. The molecule has 0 spiro atoms. The summed E-state index contributed by atoms with van der Waals surface area (Å²) in [5.74, 6) is 0.632. The van der Waals surface area contributed by atoms with Crippen LogP contribution in [0.25, 0.3) is 0 Å². The standard InChI is InChI=1S/C19H26N4O/c1-14(15(2)23-12-6-11-21-23)20-13-18(24)22-19(17-9-10-17)16-7-4-3-5-8-16/h3-8,11-12,14-15,17,19-20H,9-10,13H2,1-2H3,(H,22,24). The van der Waals surface area contributed by atoms with E-state index >= 15 is 0 Å². The molecule has 0 radical (unpaired) electrons. The minimum Gasteiger partial charge on any atom is -0.348 e. The number of aromatic nitrogens is 2. The SMILES string of the molecule is CC(NCC(=O)NC(c1ccccc1)C1CC1)C(C)n1cccn1. The van der Waals surface area contributed by atoms with E-state index in [2.05, 4.69) is 41.7 Å². The largest absolute Gasteiger partial charge is 0.348 e. The van der Waals surface area contributed by atoms with Gasteiger partial charge in [0, 0.05) is 18.4 Å². The Morgan fingerprint density at radius 1 is 1.25 bits per heavy atom. The van der Waals surface area contributed by atoms with E-state index in [-0.39, 0.29) is 24.0 Å². The maximum atomic E-state index is 12.4. The average molecular weight is 326 g/mol. The summed E-state index contributed by atoms with van der Waals surface area (Å²) in [7, 11) is 0. The Bertz CT molecular complexity index is 637. The van der Waals surface area contributed by atoms with Gasteiger partial charge in [-0.05, 0) is 44.2 Å². The molecule has 2 N–H and O–H groups in total. The molecule has 24 heavy (non-hydrogen) atoms. The van der Waals surface area contributed by atoms with E-state index in [9.17, 15) is 4.79 Å². The molecule has 1 saturated carbocycles. The van der Waals surface area contributed by atoms with E-state index in [0.717, 1.165) is 0 Å². The Balaban J connectivity index is 1.51. The third-order valence-electron chi connectivity index (χ3n) is 4.82. The van der Waals surface area contributed by atoms with E-state index in [1.807, 2.05) is 35.1 Å². The Labute approximate surface area is 143 Å². The van der Waals surface area contributed by atoms with Crippen molar-refractivity contribution in [3.8, 4) is 0 Å². The van der Waals surface area contributed by atoms with Crippen LogP contribution in [0.5, 0.6) is 0 Å². The second kappa shape index (κ2) is 7.62. The molecule has 0 bridgehead atoms. The highest BCUT2D eigenvalue weighted by Crippen LogP contribution is 2.40. The van der Waals surface area contributed by atoms with Gasteiger partial charge in [-0.2, -0.15) is 5.10 Å². The number of benzene rings is 1. The van der Waals surface area contributed by atoms with Crippen molar-refractivity contribution in [1.29, 1.82) is 0 Å². The molecule has 1 amide bonds. The molecule has 3 unspecified atom stereocenters. The quantitative estimate of drug-likeness (QED) is 0.784. The van der Waals surface area contributed by atoms with Crippen LogP contribution in [0.2, 0.25) is 0 Å². The molecule has 3 rings (SSSR count). The molecule has 1 aliphatic rings. The highest BCUT2D eigenvalue weighted by molar-refractivity contribution is 5.78. The minimum atomic E-state index is 0.0512. The molecule has 5 nitrogen and oxygen atoms in total. The second-order valence-corrected chi connectivity index (χ2v) is 6.69. The third kappa shape index (κ3) is 4.23. The van der Waals surface area contributed by atoms with Crippen molar-refractivity contribution in [2.24, 2.45) is 5.92 Å². The predicted octanol–water partition coefficient (Wildman–Crippen LogP) is 2.69. The van der Waals surface area contributed by atoms with Gasteiger partial charge < -0.3 is 10.6 Å². The van der Waals surface area contributed by atoms with Crippen molar-refractivity contribution < 1.29 is 4.79 Å². The lowest BCUT2D eigenvalue weighted by Gasteiger charge is -2.23. The maximum absolute atomic E-state index is 12.4. The van der Waals surface area contributed by atoms with Crippen LogP contribution in [0.3, 0.4) is 0 Å². The normalized spacial score (nSPS) is 17.9. The number of carbonyl (C=O) groups is 1. The molecule has 1 heterocycles. The van der Waals surface area contributed by atoms with E-state index in [0.29, 0.717) is 12.5 Å². The van der Waals surface area contributed by atoms with Crippen LogP contribution in [0.4, 0.5) is 0 Å². The van der Waals surface area contributed by atoms with Crippen molar-refractivity contribution in [3.05, 3.63) is 54.4 Å². The van der Waals surface area contributed by atoms with Crippen LogP contribution in [-0.4, -0.2) is 28.3 Å². The first-order chi connectivity index (χ1) is 11.6. The zero-order valence-corrected chi connectivity index (χ0v) is 14.4. The van der Waals surface area contributed by atoms with E-state index in [4.69, 9.17) is 0 Å². The average Bonchev–Trinajstić information content (AvgIpc) is 3.30. The van der Waals surface area contributed by atoms with E-state index in [1.165, 1.54) is 18.4 Å². The number of hydrogen-bond donors (Lipinski definition) is 2. The number of nitrogens with zero attached hydrogens (tertiary/aromatic N) is 2. The van der Waals surface area contributed by atoms with Crippen molar-refractivity contribution >= 4 is 5.91 Å². The van der Waals surface area contributed by atoms with Crippen LogP contribution in [0.15, 0.2) is 48.8 Å². The Kier molecular flexibility index (Phi) is 5.30. The fourth-order valence-electron chi connectivity index (χ4n) is 2.96. The Hall–Kier alpha value is -2.14. The molecule has 1 aliphatic carbocycles. The molecule has 1 aromatic carbocycles. The predicted molar refractivity (Wildman–Crippen MR) is 94.5 cm³/mol. The monoisotopic (exact) mass is 326 g/mol. The van der Waals surface area contributed by atoms with Crippen molar-refractivity contribution in [1.82, 2.24) is 20.4 Å². The lowest BCUT2D eigenvalue weighted by molar-refractivity contribution is -0.121. The number of carbonyl (C=O) groups excluding carboxylic acids is 1. The summed E-state index contributed by atoms with van der Waals surface area (Å²) in [6.45, 7) is 4.50. The summed E-state index contributed by atoms with van der Waals surface area (Å²) < 4.78 is 1.91. The van der Waals surface area contributed by atoms with Gasteiger partial charge in [0.15, 0.2) is 0 Å². The second-order valence-electron chi connectivity index (χ2n) is 6.69. The van der Waals surface area contributed by atoms with Gasteiger partial charge in [0.25, 0.3) is 0 Å². The third-order valence-corrected chi connectivity index (χ3v) is 4.82. The van der Waals surface area contributed by atoms with Crippen LogP contribution >= 0.6 is 0 Å².